The lowest BCUT2D eigenvalue weighted by Crippen LogP contribution is -1.34. The Kier molecular flexibility index (Phi) is 328. The van der Waals surface area contributed by atoms with E-state index in [1.807, 2.05) is 0 Å². The molecule has 0 aliphatic heterocycles. The van der Waals surface area contributed by atoms with Crippen molar-refractivity contribution in [3.8, 4) is 0 Å². The van der Waals surface area contributed by atoms with E-state index in [1.165, 1.54) is 0 Å². The lowest BCUT2D eigenvalue weighted by Gasteiger charge is -1.19. The molecule has 4 heavy (non-hydrogen) atoms. The first kappa shape index (κ1) is 8.84. The van der Waals surface area contributed by atoms with Crippen LogP contribution in [-0.4, -0.2) is 30.6 Å². The van der Waals surface area contributed by atoms with Crippen molar-refractivity contribution >= 4 is 21.0 Å². The Morgan fingerprint density at radius 3 is 0.750 bits per heavy atom. The Labute approximate surface area is 31.6 Å². The molecule has 0 aliphatic rings. The summed E-state index contributed by atoms with van der Waals surface area (Å²) in [4.78, 5) is 14.3. The van der Waals surface area contributed by atoms with Crippen LogP contribution in [0.4, 0.5) is 0 Å². The number of hydrogen-bond donors (Lipinski definition) is 2. The third-order valence-electron chi connectivity index (χ3n) is 0. The maximum Gasteiger partial charge on any atom is 0.141 e. The minimum Gasteiger partial charge on any atom is -0.442 e. The number of hydrogen-bond acceptors (Lipinski definition) is 2. The Morgan fingerprint density at radius 2 is 0.750 bits per heavy atom. The van der Waals surface area contributed by atoms with Crippen LogP contribution in [0, 0.1) is 0 Å². The van der Waals surface area contributed by atoms with Crippen molar-refractivity contribution in [3.63, 3.8) is 0 Å². The summed E-state index contributed by atoms with van der Waals surface area (Å²) in [6.07, 6.45) is 0. The summed E-state index contributed by atoms with van der Waals surface area (Å²) in [5, 5.41) is 0. The highest BCUT2D eigenvalue weighted by molar-refractivity contribution is 5.95. The maximum absolute atomic E-state index is 7.14. The minimum atomic E-state index is 0.306. The van der Waals surface area contributed by atoms with Crippen molar-refractivity contribution < 1.29 is 9.59 Å². The third kappa shape index (κ3) is 34.5. The van der Waals surface area contributed by atoms with Gasteiger partial charge < -0.3 is 9.59 Å². The fourth-order valence-corrected chi connectivity index (χ4v) is 0. The van der Waals surface area contributed by atoms with Gasteiger partial charge in [-0.1, -0.05) is 0 Å². The van der Waals surface area contributed by atoms with E-state index in [0.29, 0.717) is 21.0 Å². The SMILES string of the molecule is O[SiH3].O[SiH3]. The zero-order chi connectivity index (χ0) is 4.00. The molecule has 0 amide bonds. The van der Waals surface area contributed by atoms with E-state index in [4.69, 9.17) is 9.59 Å². The van der Waals surface area contributed by atoms with E-state index in [0.717, 1.165) is 0 Å². The van der Waals surface area contributed by atoms with Gasteiger partial charge in [0.25, 0.3) is 0 Å². The average Bonchev–Trinajstić information content (AvgIpc) is 1.50. The summed E-state index contributed by atoms with van der Waals surface area (Å²) < 4.78 is 0. The molecule has 4 heteroatoms. The van der Waals surface area contributed by atoms with Gasteiger partial charge in [0.05, 0.1) is 0 Å². The Balaban J connectivity index is 0. The Bertz CT molecular complexity index is 4.00. The summed E-state index contributed by atoms with van der Waals surface area (Å²) in [7, 11) is 0.611. The largest absolute Gasteiger partial charge is 0.442 e. The van der Waals surface area contributed by atoms with Crippen LogP contribution in [0.1, 0.15) is 0 Å². The van der Waals surface area contributed by atoms with Crippen LogP contribution in [0.25, 0.3) is 0 Å². The monoisotopic (exact) mass is 96.0 g/mol. The predicted octanol–water partition coefficient (Wildman–Crippen LogP) is -3.48. The highest BCUT2D eigenvalue weighted by atomic mass is 28.2. The van der Waals surface area contributed by atoms with Crippen molar-refractivity contribution in [3.05, 3.63) is 0 Å². The summed E-state index contributed by atoms with van der Waals surface area (Å²) in [6.45, 7) is 0. The van der Waals surface area contributed by atoms with E-state index >= 15 is 0 Å². The second-order valence-electron chi connectivity index (χ2n) is 0. The van der Waals surface area contributed by atoms with E-state index < -0.39 is 0 Å². The molecule has 0 aromatic heterocycles. The van der Waals surface area contributed by atoms with Gasteiger partial charge in [-0.05, 0) is 0 Å². The molecule has 2 N–H and O–H groups in total. The molecule has 0 saturated heterocycles. The van der Waals surface area contributed by atoms with Crippen molar-refractivity contribution in [1.29, 1.82) is 0 Å². The first-order valence-corrected chi connectivity index (χ1v) is 2.68. The third-order valence-corrected chi connectivity index (χ3v) is 0. The first-order valence-electron chi connectivity index (χ1n) is 0.894. The molecule has 0 atom stereocenters. The molecule has 0 radical (unpaired) electrons. The van der Waals surface area contributed by atoms with Crippen LogP contribution in [0.15, 0.2) is 0 Å². The quantitative estimate of drug-likeness (QED) is 0.307. The molecule has 0 bridgehead atoms. The second kappa shape index (κ2) is 148. The van der Waals surface area contributed by atoms with Crippen molar-refractivity contribution in [2.24, 2.45) is 0 Å². The van der Waals surface area contributed by atoms with Gasteiger partial charge in [-0.25, -0.2) is 0 Å². The van der Waals surface area contributed by atoms with Crippen LogP contribution in [-0.2, 0) is 0 Å². The Morgan fingerprint density at radius 1 is 0.750 bits per heavy atom. The molecule has 0 heterocycles. The lowest BCUT2D eigenvalue weighted by atomic mass is 15.9. The van der Waals surface area contributed by atoms with Gasteiger partial charge in [0.2, 0.25) is 0 Å². The molecule has 0 aliphatic carbocycles. The zero-order valence-electron chi connectivity index (χ0n) is 2.89. The van der Waals surface area contributed by atoms with Gasteiger partial charge >= 0.3 is 0 Å². The lowest BCUT2D eigenvalue weighted by molar-refractivity contribution is 0.628. The van der Waals surface area contributed by atoms with Crippen molar-refractivity contribution in [2.75, 3.05) is 0 Å². The van der Waals surface area contributed by atoms with Gasteiger partial charge in [0, 0.05) is 0 Å². The molecule has 0 rings (SSSR count). The van der Waals surface area contributed by atoms with E-state index in [9.17, 15) is 0 Å². The van der Waals surface area contributed by atoms with Crippen LogP contribution < -0.4 is 0 Å². The highest BCUT2D eigenvalue weighted by Crippen LogP contribution is 0.668. The standard InChI is InChI=1S/2H4OSi/c2*1-2/h2*1H,2H3. The first-order chi connectivity index (χ1) is 2.00. The molecular weight excluding hydrogens is 88.2 g/mol. The van der Waals surface area contributed by atoms with Gasteiger partial charge in [-0.15, -0.1) is 0 Å². The van der Waals surface area contributed by atoms with Crippen LogP contribution in [0.2, 0.25) is 0 Å². The van der Waals surface area contributed by atoms with Gasteiger partial charge in [0.15, 0.2) is 0 Å². The van der Waals surface area contributed by atoms with Crippen LogP contribution >= 0.6 is 0 Å². The molecule has 2 nitrogen and oxygen atoms in total. The minimum absolute atomic E-state index is 0.306. The number of rotatable bonds is 0. The molecule has 28 valence electrons. The fourth-order valence-electron chi connectivity index (χ4n) is 0. The van der Waals surface area contributed by atoms with E-state index in [2.05, 4.69) is 0 Å². The average molecular weight is 96.2 g/mol. The molecular formula is H8O2Si2. The summed E-state index contributed by atoms with van der Waals surface area (Å²) in [6, 6.07) is 0. The van der Waals surface area contributed by atoms with Gasteiger partial charge in [-0.3, -0.25) is 0 Å². The second-order valence-corrected chi connectivity index (χ2v) is 0. The highest BCUT2D eigenvalue weighted by Gasteiger charge is 0.893. The maximum atomic E-state index is 7.14. The van der Waals surface area contributed by atoms with Crippen LogP contribution in [0.5, 0.6) is 0 Å². The van der Waals surface area contributed by atoms with E-state index in [-0.39, 0.29) is 0 Å². The zero-order valence-corrected chi connectivity index (χ0v) is 6.89. The molecule has 0 unspecified atom stereocenters. The Hall–Kier alpha value is 0.354. The fraction of sp³-hybridized carbons (Fsp3) is 0. The topological polar surface area (TPSA) is 40.5 Å². The smallest absolute Gasteiger partial charge is 0.141 e. The van der Waals surface area contributed by atoms with Crippen LogP contribution in [0.3, 0.4) is 0 Å². The van der Waals surface area contributed by atoms with Gasteiger partial charge in [0.1, 0.15) is 21.0 Å². The van der Waals surface area contributed by atoms with Crippen molar-refractivity contribution in [2.45, 2.75) is 0 Å². The molecule has 0 fully saturated rings. The van der Waals surface area contributed by atoms with Crippen molar-refractivity contribution in [1.82, 2.24) is 0 Å². The molecule has 0 spiro atoms. The van der Waals surface area contributed by atoms with E-state index in [1.54, 1.807) is 0 Å². The normalized spacial score (nSPS) is 4.50. The predicted molar refractivity (Wildman–Crippen MR) is 24.3 cm³/mol. The molecule has 0 aromatic rings. The molecule has 0 saturated carbocycles. The molecule has 0 aromatic carbocycles. The van der Waals surface area contributed by atoms with Gasteiger partial charge in [-0.2, -0.15) is 0 Å². The summed E-state index contributed by atoms with van der Waals surface area (Å²) >= 11 is 0. The summed E-state index contributed by atoms with van der Waals surface area (Å²) in [5.74, 6) is 0. The summed E-state index contributed by atoms with van der Waals surface area (Å²) in [5.41, 5.74) is 0.